The second-order valence-corrected chi connectivity index (χ2v) is 8.04. The van der Waals surface area contributed by atoms with Gasteiger partial charge in [-0.2, -0.15) is 0 Å². The van der Waals surface area contributed by atoms with Crippen LogP contribution in [0.1, 0.15) is 18.1 Å². The highest BCUT2D eigenvalue weighted by Crippen LogP contribution is 2.34. The Hall–Kier alpha value is -2.58. The van der Waals surface area contributed by atoms with Crippen molar-refractivity contribution >= 4 is 51.1 Å². The molecule has 1 saturated heterocycles. The number of aryl methyl sites for hydroxylation is 1. The summed E-state index contributed by atoms with van der Waals surface area (Å²) in [6.07, 6.45) is 0. The molecule has 2 N–H and O–H groups in total. The van der Waals surface area contributed by atoms with Crippen LogP contribution >= 0.6 is 27.5 Å². The summed E-state index contributed by atoms with van der Waals surface area (Å²) in [5, 5.41) is 5.85. The van der Waals surface area contributed by atoms with E-state index in [1.807, 2.05) is 6.07 Å². The molecule has 0 radical (unpaired) electrons. The van der Waals surface area contributed by atoms with E-state index in [1.54, 1.807) is 44.2 Å². The molecule has 0 aromatic heterocycles. The molecule has 0 bridgehead atoms. The zero-order valence-electron chi connectivity index (χ0n) is 16.0. The Morgan fingerprint density at radius 3 is 2.66 bits per heavy atom. The predicted molar refractivity (Wildman–Crippen MR) is 113 cm³/mol. The van der Waals surface area contributed by atoms with Crippen molar-refractivity contribution in [1.82, 2.24) is 10.2 Å². The number of halogens is 2. The molecule has 1 aliphatic heterocycles. The van der Waals surface area contributed by atoms with Crippen molar-refractivity contribution in [2.45, 2.75) is 19.4 Å². The van der Waals surface area contributed by atoms with Crippen LogP contribution in [0, 0.1) is 6.92 Å². The number of ether oxygens (including phenoxy) is 1. The molecular formula is C20H19BrClN3O4. The van der Waals surface area contributed by atoms with Gasteiger partial charge in [-0.15, -0.1) is 0 Å². The highest BCUT2D eigenvalue weighted by atomic mass is 79.9. The molecule has 0 saturated carbocycles. The van der Waals surface area contributed by atoms with Gasteiger partial charge in [0, 0.05) is 21.1 Å². The number of amides is 4. The summed E-state index contributed by atoms with van der Waals surface area (Å²) < 4.78 is 5.92. The van der Waals surface area contributed by atoms with Crippen LogP contribution in [0.3, 0.4) is 0 Å². The van der Waals surface area contributed by atoms with Crippen molar-refractivity contribution in [2.24, 2.45) is 0 Å². The monoisotopic (exact) mass is 479 g/mol. The summed E-state index contributed by atoms with van der Waals surface area (Å²) in [5.41, 5.74) is 0.488. The molecule has 3 rings (SSSR count). The maximum Gasteiger partial charge on any atom is 0.325 e. The molecule has 9 heteroatoms. The quantitative estimate of drug-likeness (QED) is 0.637. The third kappa shape index (κ3) is 3.95. The number of benzene rings is 2. The lowest BCUT2D eigenvalue weighted by Crippen LogP contribution is -2.42. The van der Waals surface area contributed by atoms with Crippen LogP contribution in [0.15, 0.2) is 40.9 Å². The fourth-order valence-electron chi connectivity index (χ4n) is 3.15. The maximum atomic E-state index is 13.0. The summed E-state index contributed by atoms with van der Waals surface area (Å²) >= 11 is 9.48. The van der Waals surface area contributed by atoms with Crippen LogP contribution in [0.4, 0.5) is 10.5 Å². The predicted octanol–water partition coefficient (Wildman–Crippen LogP) is 3.83. The molecular weight excluding hydrogens is 462 g/mol. The van der Waals surface area contributed by atoms with Gasteiger partial charge in [0.05, 0.1) is 12.8 Å². The summed E-state index contributed by atoms with van der Waals surface area (Å²) in [6, 6.07) is 9.72. The third-order valence-electron chi connectivity index (χ3n) is 4.74. The molecule has 2 aromatic rings. The van der Waals surface area contributed by atoms with E-state index in [9.17, 15) is 14.4 Å². The summed E-state index contributed by atoms with van der Waals surface area (Å²) in [5.74, 6) is -0.669. The van der Waals surface area contributed by atoms with Crippen LogP contribution in [0.5, 0.6) is 5.75 Å². The Labute approximate surface area is 181 Å². The van der Waals surface area contributed by atoms with Crippen LogP contribution in [-0.4, -0.2) is 36.4 Å². The minimum Gasteiger partial charge on any atom is -0.495 e. The van der Waals surface area contributed by atoms with Gasteiger partial charge >= 0.3 is 6.03 Å². The lowest BCUT2D eigenvalue weighted by atomic mass is 9.92. The molecule has 1 heterocycles. The third-order valence-corrected chi connectivity index (χ3v) is 5.84. The zero-order valence-corrected chi connectivity index (χ0v) is 18.3. The Morgan fingerprint density at radius 1 is 1.31 bits per heavy atom. The van der Waals surface area contributed by atoms with Crippen LogP contribution in [0.25, 0.3) is 0 Å². The number of methoxy groups -OCH3 is 1. The van der Waals surface area contributed by atoms with E-state index in [4.69, 9.17) is 16.3 Å². The topological polar surface area (TPSA) is 87.7 Å². The number of rotatable bonds is 5. The van der Waals surface area contributed by atoms with Crippen LogP contribution in [-0.2, 0) is 15.1 Å². The minimum atomic E-state index is -1.27. The van der Waals surface area contributed by atoms with Gasteiger partial charge < -0.3 is 15.4 Å². The fourth-order valence-corrected chi connectivity index (χ4v) is 3.99. The van der Waals surface area contributed by atoms with Crippen LogP contribution < -0.4 is 15.4 Å². The SMILES string of the molecule is COc1cc(Cl)c(C)cc1NC(=O)CN1C(=O)N[C@@](C)(c2ccccc2Br)C1=O. The lowest BCUT2D eigenvalue weighted by molar-refractivity contribution is -0.133. The molecule has 7 nitrogen and oxygen atoms in total. The summed E-state index contributed by atoms with van der Waals surface area (Å²) in [6.45, 7) is 2.96. The van der Waals surface area contributed by atoms with Gasteiger partial charge in [0.15, 0.2) is 0 Å². The van der Waals surface area contributed by atoms with Gasteiger partial charge in [0.2, 0.25) is 5.91 Å². The molecule has 29 heavy (non-hydrogen) atoms. The van der Waals surface area contributed by atoms with Crippen molar-refractivity contribution in [1.29, 1.82) is 0 Å². The van der Waals surface area contributed by atoms with E-state index in [-0.39, 0.29) is 0 Å². The minimum absolute atomic E-state index is 0.379. The van der Waals surface area contributed by atoms with Crippen LogP contribution in [0.2, 0.25) is 5.02 Å². The Kier molecular flexibility index (Phi) is 5.86. The van der Waals surface area contributed by atoms with Gasteiger partial charge in [-0.25, -0.2) is 4.79 Å². The maximum absolute atomic E-state index is 13.0. The summed E-state index contributed by atoms with van der Waals surface area (Å²) in [4.78, 5) is 38.9. The first-order valence-corrected chi connectivity index (χ1v) is 9.87. The number of carbonyl (C=O) groups is 3. The zero-order chi connectivity index (χ0) is 21.3. The first-order chi connectivity index (χ1) is 13.7. The normalized spacial score (nSPS) is 18.6. The molecule has 0 unspecified atom stereocenters. The first-order valence-electron chi connectivity index (χ1n) is 8.70. The number of nitrogens with one attached hydrogen (secondary N) is 2. The number of hydrogen-bond donors (Lipinski definition) is 2. The Balaban J connectivity index is 1.80. The smallest absolute Gasteiger partial charge is 0.325 e. The highest BCUT2D eigenvalue weighted by molar-refractivity contribution is 9.10. The molecule has 0 aliphatic carbocycles. The van der Waals surface area contributed by atoms with Crippen molar-refractivity contribution in [3.8, 4) is 5.75 Å². The number of carbonyl (C=O) groups excluding carboxylic acids is 3. The van der Waals surface area contributed by atoms with E-state index < -0.39 is 29.9 Å². The van der Waals surface area contributed by atoms with Crippen molar-refractivity contribution < 1.29 is 19.1 Å². The van der Waals surface area contributed by atoms with E-state index in [1.165, 1.54) is 7.11 Å². The second kappa shape index (κ2) is 8.04. The average molecular weight is 481 g/mol. The number of anilines is 1. The second-order valence-electron chi connectivity index (χ2n) is 6.78. The number of imide groups is 1. The Morgan fingerprint density at radius 2 is 2.00 bits per heavy atom. The molecule has 1 atom stereocenters. The number of urea groups is 1. The van der Waals surface area contributed by atoms with Gasteiger partial charge in [0.1, 0.15) is 17.8 Å². The van der Waals surface area contributed by atoms with Gasteiger partial charge in [-0.3, -0.25) is 14.5 Å². The molecule has 0 spiro atoms. The van der Waals surface area contributed by atoms with E-state index in [0.29, 0.717) is 26.5 Å². The van der Waals surface area contributed by atoms with E-state index in [2.05, 4.69) is 26.6 Å². The molecule has 1 fully saturated rings. The molecule has 1 aliphatic rings. The van der Waals surface area contributed by atoms with E-state index >= 15 is 0 Å². The Bertz CT molecular complexity index is 1010. The largest absolute Gasteiger partial charge is 0.495 e. The molecule has 2 aromatic carbocycles. The first kappa shape index (κ1) is 21.1. The van der Waals surface area contributed by atoms with Crippen molar-refractivity contribution in [3.63, 3.8) is 0 Å². The molecule has 4 amide bonds. The lowest BCUT2D eigenvalue weighted by Gasteiger charge is -2.23. The number of hydrogen-bond acceptors (Lipinski definition) is 4. The molecule has 152 valence electrons. The van der Waals surface area contributed by atoms with Gasteiger partial charge in [-0.1, -0.05) is 45.7 Å². The standard InChI is InChI=1S/C20H19BrClN3O4/c1-11-8-15(16(29-3)9-14(11)22)23-17(26)10-25-18(27)20(2,24-19(25)28)12-6-4-5-7-13(12)21/h4-9H,10H2,1-3H3,(H,23,26)(H,24,28)/t20-/m0/s1. The van der Waals surface area contributed by atoms with Gasteiger partial charge in [-0.05, 0) is 31.5 Å². The van der Waals surface area contributed by atoms with E-state index in [0.717, 1.165) is 10.5 Å². The number of nitrogens with zero attached hydrogens (tertiary/aromatic N) is 1. The summed E-state index contributed by atoms with van der Waals surface area (Å²) in [7, 11) is 1.46. The van der Waals surface area contributed by atoms with Gasteiger partial charge in [0.25, 0.3) is 5.91 Å². The average Bonchev–Trinajstić information content (AvgIpc) is 2.88. The fraction of sp³-hybridized carbons (Fsp3) is 0.250. The van der Waals surface area contributed by atoms with Crippen molar-refractivity contribution in [3.05, 3.63) is 57.0 Å². The van der Waals surface area contributed by atoms with Crippen molar-refractivity contribution in [2.75, 3.05) is 19.0 Å². The highest BCUT2D eigenvalue weighted by Gasteiger charge is 2.50.